The van der Waals surface area contributed by atoms with E-state index in [-0.39, 0.29) is 5.91 Å². The highest BCUT2D eigenvalue weighted by molar-refractivity contribution is 5.97. The fourth-order valence-corrected chi connectivity index (χ4v) is 3.98. The van der Waals surface area contributed by atoms with Gasteiger partial charge in [-0.15, -0.1) is 0 Å². The number of nitrogens with zero attached hydrogens (tertiary/aromatic N) is 1. The number of nitrogens with one attached hydrogen (secondary N) is 1. The summed E-state index contributed by atoms with van der Waals surface area (Å²) in [6, 6.07) is 12.3. The largest absolute Gasteiger partial charge is 0.495 e. The smallest absolute Gasteiger partial charge is 0.227 e. The highest BCUT2D eigenvalue weighted by Gasteiger charge is 2.27. The van der Waals surface area contributed by atoms with Crippen LogP contribution in [-0.4, -0.2) is 24.5 Å². The van der Waals surface area contributed by atoms with Crippen molar-refractivity contribution in [3.05, 3.63) is 59.3 Å². The number of carbonyl (C=O) groups is 1. The predicted molar refractivity (Wildman–Crippen MR) is 105 cm³/mol. The van der Waals surface area contributed by atoms with E-state index in [4.69, 9.17) is 4.74 Å². The molecule has 1 amide bonds. The molecule has 0 saturated heterocycles. The van der Waals surface area contributed by atoms with Crippen LogP contribution < -0.4 is 9.64 Å². The second-order valence-corrected chi connectivity index (χ2v) is 6.92. The van der Waals surface area contributed by atoms with Crippen molar-refractivity contribution in [2.45, 2.75) is 32.6 Å². The number of fused-ring (bicyclic) bond motifs is 2. The first-order valence-electron chi connectivity index (χ1n) is 9.21. The van der Waals surface area contributed by atoms with E-state index >= 15 is 0 Å². The zero-order valence-corrected chi connectivity index (χ0v) is 15.3. The first kappa shape index (κ1) is 16.7. The van der Waals surface area contributed by atoms with Gasteiger partial charge in [0.25, 0.3) is 0 Å². The van der Waals surface area contributed by atoms with Gasteiger partial charge in [0.15, 0.2) is 0 Å². The second kappa shape index (κ2) is 6.87. The van der Waals surface area contributed by atoms with Crippen molar-refractivity contribution in [1.82, 2.24) is 4.98 Å². The molecule has 26 heavy (non-hydrogen) atoms. The van der Waals surface area contributed by atoms with Crippen molar-refractivity contribution in [1.29, 1.82) is 0 Å². The summed E-state index contributed by atoms with van der Waals surface area (Å²) < 4.78 is 5.56. The molecule has 0 bridgehead atoms. The lowest BCUT2D eigenvalue weighted by molar-refractivity contribution is -0.118. The second-order valence-electron chi connectivity index (χ2n) is 6.92. The number of amides is 1. The van der Waals surface area contributed by atoms with Crippen LogP contribution in [0.1, 0.15) is 29.5 Å². The van der Waals surface area contributed by atoms with E-state index in [0.717, 1.165) is 42.8 Å². The van der Waals surface area contributed by atoms with Crippen molar-refractivity contribution in [2.75, 3.05) is 18.6 Å². The Morgan fingerprint density at radius 2 is 2.08 bits per heavy atom. The first-order valence-corrected chi connectivity index (χ1v) is 9.21. The summed E-state index contributed by atoms with van der Waals surface area (Å²) in [4.78, 5) is 18.2. The van der Waals surface area contributed by atoms with Gasteiger partial charge in [0.2, 0.25) is 5.91 Å². The molecule has 0 spiro atoms. The van der Waals surface area contributed by atoms with E-state index in [1.165, 1.54) is 22.1 Å². The Bertz CT molecular complexity index is 958. The van der Waals surface area contributed by atoms with Crippen LogP contribution in [0.4, 0.5) is 5.69 Å². The number of carbonyl (C=O) groups excluding carboxylic acids is 1. The number of aromatic amines is 1. The van der Waals surface area contributed by atoms with Gasteiger partial charge in [0, 0.05) is 30.1 Å². The van der Waals surface area contributed by atoms with Crippen LogP contribution >= 0.6 is 0 Å². The van der Waals surface area contributed by atoms with Gasteiger partial charge < -0.3 is 14.6 Å². The zero-order chi connectivity index (χ0) is 18.1. The number of aryl methyl sites for hydroxylation is 2. The standard InChI is InChI=1S/C22H24N2O2/c1-15-9-11-20(26-2)22-17(15)7-5-13-24(22)21(25)12-10-16-14-23-19-8-4-3-6-18(16)19/h3-4,6,8-9,11,14,23H,5,7,10,12-13H2,1-2H3. The Morgan fingerprint density at radius 1 is 1.23 bits per heavy atom. The summed E-state index contributed by atoms with van der Waals surface area (Å²) in [5.41, 5.74) is 5.77. The average molecular weight is 348 g/mol. The van der Waals surface area contributed by atoms with Gasteiger partial charge in [0.05, 0.1) is 12.8 Å². The monoisotopic (exact) mass is 348 g/mol. The third kappa shape index (κ3) is 2.85. The molecule has 134 valence electrons. The van der Waals surface area contributed by atoms with Crippen molar-refractivity contribution in [3.8, 4) is 5.75 Å². The minimum absolute atomic E-state index is 0.167. The van der Waals surface area contributed by atoms with Crippen LogP contribution in [-0.2, 0) is 17.6 Å². The molecule has 0 radical (unpaired) electrons. The molecule has 1 N–H and O–H groups in total. The SMILES string of the molecule is COc1ccc(C)c2c1N(C(=O)CCc1c[nH]c3ccccc13)CCC2. The highest BCUT2D eigenvalue weighted by Crippen LogP contribution is 2.38. The third-order valence-corrected chi connectivity index (χ3v) is 5.36. The number of methoxy groups -OCH3 is 1. The Hall–Kier alpha value is -2.75. The third-order valence-electron chi connectivity index (χ3n) is 5.36. The molecule has 2 heterocycles. The van der Waals surface area contributed by atoms with E-state index in [9.17, 15) is 4.79 Å². The average Bonchev–Trinajstić information content (AvgIpc) is 3.09. The summed E-state index contributed by atoms with van der Waals surface area (Å²) in [7, 11) is 1.67. The number of hydrogen-bond donors (Lipinski definition) is 1. The molecule has 0 unspecified atom stereocenters. The van der Waals surface area contributed by atoms with E-state index in [0.29, 0.717) is 6.42 Å². The van der Waals surface area contributed by atoms with Crippen LogP contribution in [0.15, 0.2) is 42.6 Å². The normalized spacial score (nSPS) is 13.7. The molecule has 4 nitrogen and oxygen atoms in total. The molecule has 1 aromatic heterocycles. The number of benzene rings is 2. The Kier molecular flexibility index (Phi) is 4.41. The lowest BCUT2D eigenvalue weighted by Crippen LogP contribution is -2.36. The van der Waals surface area contributed by atoms with E-state index < -0.39 is 0 Å². The summed E-state index contributed by atoms with van der Waals surface area (Å²) in [6.07, 6.45) is 5.26. The number of H-pyrrole nitrogens is 1. The number of rotatable bonds is 4. The predicted octanol–water partition coefficient (Wildman–Crippen LogP) is 4.40. The first-order chi connectivity index (χ1) is 12.7. The van der Waals surface area contributed by atoms with Crippen LogP contribution in [0.25, 0.3) is 10.9 Å². The molecule has 1 aliphatic heterocycles. The Morgan fingerprint density at radius 3 is 2.92 bits per heavy atom. The van der Waals surface area contributed by atoms with E-state index in [1.807, 2.05) is 29.3 Å². The minimum atomic E-state index is 0.167. The lowest BCUT2D eigenvalue weighted by atomic mass is 9.95. The number of aromatic nitrogens is 1. The Balaban J connectivity index is 1.57. The highest BCUT2D eigenvalue weighted by atomic mass is 16.5. The van der Waals surface area contributed by atoms with Crippen LogP contribution in [0, 0.1) is 6.92 Å². The Labute approximate surface area is 153 Å². The molecule has 0 atom stereocenters. The molecular weight excluding hydrogens is 324 g/mol. The topological polar surface area (TPSA) is 45.3 Å². The number of anilines is 1. The van der Waals surface area contributed by atoms with Crippen LogP contribution in [0.2, 0.25) is 0 Å². The summed E-state index contributed by atoms with van der Waals surface area (Å²) in [6.45, 7) is 2.87. The zero-order valence-electron chi connectivity index (χ0n) is 15.3. The fraction of sp³-hybridized carbons (Fsp3) is 0.318. The summed E-state index contributed by atoms with van der Waals surface area (Å²) in [5, 5.41) is 1.20. The molecule has 0 fully saturated rings. The van der Waals surface area contributed by atoms with Gasteiger partial charge in [0.1, 0.15) is 5.75 Å². The maximum atomic E-state index is 13.0. The maximum Gasteiger partial charge on any atom is 0.227 e. The van der Waals surface area contributed by atoms with Gasteiger partial charge in [-0.3, -0.25) is 4.79 Å². The van der Waals surface area contributed by atoms with Gasteiger partial charge in [-0.2, -0.15) is 0 Å². The summed E-state index contributed by atoms with van der Waals surface area (Å²) >= 11 is 0. The van der Waals surface area contributed by atoms with Crippen LogP contribution in [0.5, 0.6) is 5.75 Å². The molecule has 0 saturated carbocycles. The quantitative estimate of drug-likeness (QED) is 0.760. The number of para-hydroxylation sites is 1. The van der Waals surface area contributed by atoms with E-state index in [2.05, 4.69) is 30.1 Å². The summed E-state index contributed by atoms with van der Waals surface area (Å²) in [5.74, 6) is 0.964. The molecule has 3 aromatic rings. The van der Waals surface area contributed by atoms with Crippen molar-refractivity contribution < 1.29 is 9.53 Å². The molecule has 4 heteroatoms. The maximum absolute atomic E-state index is 13.0. The fourth-order valence-electron chi connectivity index (χ4n) is 3.98. The van der Waals surface area contributed by atoms with Gasteiger partial charge >= 0.3 is 0 Å². The number of ether oxygens (including phenoxy) is 1. The van der Waals surface area contributed by atoms with Gasteiger partial charge in [-0.25, -0.2) is 0 Å². The van der Waals surface area contributed by atoms with Gasteiger partial charge in [-0.1, -0.05) is 24.3 Å². The van der Waals surface area contributed by atoms with Crippen molar-refractivity contribution in [3.63, 3.8) is 0 Å². The molecule has 4 rings (SSSR count). The minimum Gasteiger partial charge on any atom is -0.495 e. The molecule has 2 aromatic carbocycles. The van der Waals surface area contributed by atoms with Crippen LogP contribution in [0.3, 0.4) is 0 Å². The van der Waals surface area contributed by atoms with Crippen molar-refractivity contribution >= 4 is 22.5 Å². The molecule has 1 aliphatic rings. The molecule has 0 aliphatic carbocycles. The van der Waals surface area contributed by atoms with Gasteiger partial charge in [-0.05, 0) is 55.0 Å². The molecular formula is C22H24N2O2. The van der Waals surface area contributed by atoms with Crippen molar-refractivity contribution in [2.24, 2.45) is 0 Å². The lowest BCUT2D eigenvalue weighted by Gasteiger charge is -2.32. The van der Waals surface area contributed by atoms with E-state index in [1.54, 1.807) is 7.11 Å². The number of hydrogen-bond acceptors (Lipinski definition) is 2.